The van der Waals surface area contributed by atoms with Crippen LogP contribution in [-0.2, 0) is 6.54 Å². The summed E-state index contributed by atoms with van der Waals surface area (Å²) in [6, 6.07) is 19.5. The summed E-state index contributed by atoms with van der Waals surface area (Å²) in [7, 11) is 0. The van der Waals surface area contributed by atoms with Gasteiger partial charge in [0.15, 0.2) is 12.4 Å². The number of nitrogens with zero attached hydrogens (tertiary/aromatic N) is 3. The van der Waals surface area contributed by atoms with Gasteiger partial charge in [0.2, 0.25) is 0 Å². The Labute approximate surface area is 161 Å². The maximum Gasteiger partial charge on any atom is 0.169 e. The molecule has 1 aromatic carbocycles. The molecule has 0 saturated heterocycles. The third kappa shape index (κ3) is 3.45. The van der Waals surface area contributed by atoms with Crippen molar-refractivity contribution in [1.82, 2.24) is 9.47 Å². The second kappa shape index (κ2) is 7.67. The van der Waals surface area contributed by atoms with Crippen LogP contribution in [0.2, 0.25) is 0 Å². The molecule has 0 aliphatic carbocycles. The van der Waals surface area contributed by atoms with Crippen molar-refractivity contribution in [2.75, 3.05) is 13.1 Å². The van der Waals surface area contributed by atoms with Crippen LogP contribution < -0.4 is 4.57 Å². The van der Waals surface area contributed by atoms with Crippen LogP contribution in [0.15, 0.2) is 85.3 Å². The molecule has 0 atom stereocenters. The van der Waals surface area contributed by atoms with Gasteiger partial charge >= 0.3 is 0 Å². The quantitative estimate of drug-likeness (QED) is 0.604. The van der Waals surface area contributed by atoms with Crippen LogP contribution in [-0.4, -0.2) is 22.6 Å². The van der Waals surface area contributed by atoms with Gasteiger partial charge in [-0.3, -0.25) is 0 Å². The Morgan fingerprint density at radius 1 is 0.889 bits per heavy atom. The predicted molar refractivity (Wildman–Crippen MR) is 111 cm³/mol. The zero-order valence-electron chi connectivity index (χ0n) is 16.0. The fourth-order valence-electron chi connectivity index (χ4n) is 3.54. The molecular weight excluding hydrogens is 330 g/mol. The number of allylic oxidation sites excluding steroid dienone is 2. The summed E-state index contributed by atoms with van der Waals surface area (Å²) < 4.78 is 4.55. The molecule has 0 radical (unpaired) electrons. The molecule has 136 valence electrons. The molecule has 4 rings (SSSR count). The minimum absolute atomic E-state index is 0.958. The zero-order chi connectivity index (χ0) is 18.6. The van der Waals surface area contributed by atoms with Gasteiger partial charge < -0.3 is 9.47 Å². The van der Waals surface area contributed by atoms with Gasteiger partial charge in [-0.15, -0.1) is 0 Å². The molecule has 3 aromatic rings. The van der Waals surface area contributed by atoms with Crippen LogP contribution in [0.3, 0.4) is 0 Å². The first-order valence-electron chi connectivity index (χ1n) is 9.69. The number of likely N-dealkylation sites (N-methyl/N-ethyl adjacent to an activating group) is 1. The lowest BCUT2D eigenvalue weighted by atomic mass is 10.1. The third-order valence-corrected chi connectivity index (χ3v) is 5.16. The average molecular weight is 356 g/mol. The molecule has 3 nitrogen and oxygen atoms in total. The van der Waals surface area contributed by atoms with E-state index in [1.54, 1.807) is 0 Å². The predicted octanol–water partition coefficient (Wildman–Crippen LogP) is 4.68. The Morgan fingerprint density at radius 3 is 2.26 bits per heavy atom. The molecule has 1 aliphatic heterocycles. The van der Waals surface area contributed by atoms with Crippen molar-refractivity contribution in [1.29, 1.82) is 0 Å². The van der Waals surface area contributed by atoms with E-state index in [9.17, 15) is 0 Å². The first kappa shape index (κ1) is 17.3. The lowest BCUT2D eigenvalue weighted by molar-refractivity contribution is -0.693. The molecule has 0 spiro atoms. The van der Waals surface area contributed by atoms with Crippen molar-refractivity contribution >= 4 is 5.57 Å². The normalized spacial score (nSPS) is 13.7. The molecular formula is C24H26N3+. The van der Waals surface area contributed by atoms with Crippen LogP contribution in [0.25, 0.3) is 22.5 Å². The Hall–Kier alpha value is -3.07. The maximum atomic E-state index is 2.36. The number of hydrogen-bond acceptors (Lipinski definition) is 1. The van der Waals surface area contributed by atoms with Gasteiger partial charge in [-0.05, 0) is 56.0 Å². The summed E-state index contributed by atoms with van der Waals surface area (Å²) in [5.41, 5.74) is 6.13. The molecule has 1 aliphatic rings. The largest absolute Gasteiger partial charge is 0.374 e. The van der Waals surface area contributed by atoms with Crippen molar-refractivity contribution in [3.8, 4) is 16.9 Å². The van der Waals surface area contributed by atoms with Crippen LogP contribution in [0, 0.1) is 0 Å². The highest BCUT2D eigenvalue weighted by molar-refractivity contribution is 5.78. The Bertz CT molecular complexity index is 963. The van der Waals surface area contributed by atoms with Gasteiger partial charge in [0, 0.05) is 36.5 Å². The Morgan fingerprint density at radius 2 is 1.63 bits per heavy atom. The topological polar surface area (TPSA) is 12.1 Å². The van der Waals surface area contributed by atoms with Gasteiger partial charge in [0.05, 0.1) is 11.4 Å². The van der Waals surface area contributed by atoms with E-state index in [4.69, 9.17) is 0 Å². The molecule has 3 heterocycles. The fraction of sp³-hybridized carbons (Fsp3) is 0.208. The highest BCUT2D eigenvalue weighted by atomic mass is 15.1. The van der Waals surface area contributed by atoms with Crippen molar-refractivity contribution in [2.45, 2.75) is 20.4 Å². The Kier molecular flexibility index (Phi) is 4.93. The van der Waals surface area contributed by atoms with E-state index in [0.29, 0.717) is 0 Å². The SMILES string of the molecule is CCN1C=CC(c2ccc(-c3cc[n+](CC)cc3)n2-c2ccccc2)=CC1. The number of rotatable bonds is 5. The first-order chi connectivity index (χ1) is 13.3. The van der Waals surface area contributed by atoms with Crippen LogP contribution in [0.5, 0.6) is 0 Å². The molecule has 0 saturated carbocycles. The van der Waals surface area contributed by atoms with Crippen LogP contribution in [0.4, 0.5) is 0 Å². The third-order valence-electron chi connectivity index (χ3n) is 5.16. The van der Waals surface area contributed by atoms with E-state index in [1.165, 1.54) is 28.2 Å². The first-order valence-corrected chi connectivity index (χ1v) is 9.69. The van der Waals surface area contributed by atoms with Gasteiger partial charge in [-0.25, -0.2) is 4.57 Å². The lowest BCUT2D eigenvalue weighted by Crippen LogP contribution is -2.30. The molecule has 0 amide bonds. The molecule has 27 heavy (non-hydrogen) atoms. The van der Waals surface area contributed by atoms with E-state index in [2.05, 4.69) is 113 Å². The summed E-state index contributed by atoms with van der Waals surface area (Å²) in [6.45, 7) is 7.32. The van der Waals surface area contributed by atoms with Crippen molar-refractivity contribution < 1.29 is 4.57 Å². The molecule has 3 heteroatoms. The van der Waals surface area contributed by atoms with E-state index in [-0.39, 0.29) is 0 Å². The highest BCUT2D eigenvalue weighted by Crippen LogP contribution is 2.31. The van der Waals surface area contributed by atoms with Crippen molar-refractivity contribution in [3.05, 3.63) is 91.0 Å². The number of para-hydroxylation sites is 1. The van der Waals surface area contributed by atoms with Gasteiger partial charge in [0.25, 0.3) is 0 Å². The summed E-state index contributed by atoms with van der Waals surface area (Å²) >= 11 is 0. The van der Waals surface area contributed by atoms with Crippen molar-refractivity contribution in [3.63, 3.8) is 0 Å². The van der Waals surface area contributed by atoms with Crippen LogP contribution in [0.1, 0.15) is 19.5 Å². The number of aryl methyl sites for hydroxylation is 1. The van der Waals surface area contributed by atoms with Crippen LogP contribution >= 0.6 is 0 Å². The fourth-order valence-corrected chi connectivity index (χ4v) is 3.54. The van der Waals surface area contributed by atoms with Gasteiger partial charge in [-0.2, -0.15) is 0 Å². The molecule has 0 fully saturated rings. The lowest BCUT2D eigenvalue weighted by Gasteiger charge is -2.22. The molecule has 2 aromatic heterocycles. The van der Waals surface area contributed by atoms with E-state index in [1.807, 2.05) is 0 Å². The summed E-state index contributed by atoms with van der Waals surface area (Å²) in [5.74, 6) is 0. The van der Waals surface area contributed by atoms with Gasteiger partial charge in [0.1, 0.15) is 6.54 Å². The number of aromatic nitrogens is 2. The summed E-state index contributed by atoms with van der Waals surface area (Å²) in [4.78, 5) is 2.31. The maximum absolute atomic E-state index is 2.36. The highest BCUT2D eigenvalue weighted by Gasteiger charge is 2.16. The monoisotopic (exact) mass is 356 g/mol. The Balaban J connectivity index is 1.82. The minimum Gasteiger partial charge on any atom is -0.374 e. The standard InChI is InChI=1S/C24H26N3/c1-3-25-16-12-20(13-17-25)23-10-11-24(21-14-18-26(4-2)19-15-21)27(23)22-8-6-5-7-9-22/h5-18H,3-4,19H2,1-2H3/q+1. The van der Waals surface area contributed by atoms with Gasteiger partial charge in [-0.1, -0.05) is 24.3 Å². The summed E-state index contributed by atoms with van der Waals surface area (Å²) in [5, 5.41) is 0. The van der Waals surface area contributed by atoms with E-state index >= 15 is 0 Å². The van der Waals surface area contributed by atoms with E-state index in [0.717, 1.165) is 19.6 Å². The number of pyridine rings is 1. The average Bonchev–Trinajstić information content (AvgIpc) is 3.19. The minimum atomic E-state index is 0.958. The zero-order valence-corrected chi connectivity index (χ0v) is 16.0. The number of benzene rings is 1. The molecule has 0 unspecified atom stereocenters. The second-order valence-corrected chi connectivity index (χ2v) is 6.75. The van der Waals surface area contributed by atoms with Crippen molar-refractivity contribution in [2.24, 2.45) is 0 Å². The second-order valence-electron chi connectivity index (χ2n) is 6.75. The number of hydrogen-bond donors (Lipinski definition) is 0. The molecule has 0 bridgehead atoms. The summed E-state index contributed by atoms with van der Waals surface area (Å²) in [6.07, 6.45) is 11.0. The van der Waals surface area contributed by atoms with E-state index < -0.39 is 0 Å². The smallest absolute Gasteiger partial charge is 0.169 e. The molecule has 0 N–H and O–H groups in total.